The van der Waals surface area contributed by atoms with Gasteiger partial charge >= 0.3 is 0 Å². The fourth-order valence-corrected chi connectivity index (χ4v) is 4.26. The molecule has 0 unspecified atom stereocenters. The lowest BCUT2D eigenvalue weighted by Gasteiger charge is -2.38. The maximum absolute atomic E-state index is 12.8. The summed E-state index contributed by atoms with van der Waals surface area (Å²) in [6, 6.07) is 13.0. The molecule has 2 aliphatic heterocycles. The van der Waals surface area contributed by atoms with Crippen LogP contribution in [0.4, 0.5) is 5.69 Å². The van der Waals surface area contributed by atoms with E-state index in [4.69, 9.17) is 4.74 Å². The van der Waals surface area contributed by atoms with E-state index in [0.29, 0.717) is 43.1 Å². The van der Waals surface area contributed by atoms with Crippen LogP contribution < -0.4 is 15.0 Å². The molecule has 1 fully saturated rings. The number of imidazole rings is 1. The number of ether oxygens (including phenoxy) is 1. The molecule has 1 aromatic heterocycles. The van der Waals surface area contributed by atoms with E-state index in [9.17, 15) is 14.4 Å². The van der Waals surface area contributed by atoms with Crippen LogP contribution in [0.15, 0.2) is 42.5 Å². The molecule has 0 atom stereocenters. The Hall–Kier alpha value is -3.88. The molecule has 0 radical (unpaired) electrons. The van der Waals surface area contributed by atoms with Gasteiger partial charge in [0.2, 0.25) is 5.91 Å². The number of rotatable bonds is 5. The maximum Gasteiger partial charge on any atom is 0.264 e. The van der Waals surface area contributed by atoms with E-state index >= 15 is 0 Å². The molecule has 1 N–H and O–H groups in total. The van der Waals surface area contributed by atoms with E-state index in [2.05, 4.69) is 10.3 Å². The van der Waals surface area contributed by atoms with Crippen molar-refractivity contribution in [2.24, 2.45) is 13.0 Å². The summed E-state index contributed by atoms with van der Waals surface area (Å²) in [5.74, 6) is 0.901. The molecule has 2 aliphatic rings. The number of anilines is 1. The number of hydrogen-bond acceptors (Lipinski definition) is 5. The summed E-state index contributed by atoms with van der Waals surface area (Å²) in [5, 5.41) is 2.96. The predicted molar refractivity (Wildman–Crippen MR) is 122 cm³/mol. The van der Waals surface area contributed by atoms with Gasteiger partial charge in [0.1, 0.15) is 11.6 Å². The molecule has 3 amide bonds. The second-order valence-electron chi connectivity index (χ2n) is 8.45. The molecule has 2 aromatic carbocycles. The standard InChI is InChI=1S/C24H25N5O4/c1-27-18-6-4-3-5-17(18)26-21(27)9-10-25-23(31)16-12-29(13-16)24(32)15-7-8-20-19(11-15)28(2)22(30)14-33-20/h3-8,11,16H,9-10,12-14H2,1-2H3,(H,25,31). The number of fused-ring (bicyclic) bond motifs is 2. The smallest absolute Gasteiger partial charge is 0.264 e. The van der Waals surface area contributed by atoms with Crippen LogP contribution in [0, 0.1) is 5.92 Å². The first kappa shape index (κ1) is 21.0. The van der Waals surface area contributed by atoms with Crippen molar-refractivity contribution in [3.05, 3.63) is 53.9 Å². The minimum absolute atomic E-state index is 0.00369. The van der Waals surface area contributed by atoms with Crippen molar-refractivity contribution in [2.75, 3.05) is 38.2 Å². The van der Waals surface area contributed by atoms with Crippen LogP contribution in [0.25, 0.3) is 11.0 Å². The third-order valence-electron chi connectivity index (χ3n) is 6.36. The topological polar surface area (TPSA) is 96.8 Å². The van der Waals surface area contributed by atoms with Crippen molar-refractivity contribution < 1.29 is 19.1 Å². The molecule has 9 heteroatoms. The number of likely N-dealkylation sites (tertiary alicyclic amines) is 1. The third kappa shape index (κ3) is 3.79. The zero-order valence-corrected chi connectivity index (χ0v) is 18.6. The molecule has 3 heterocycles. The van der Waals surface area contributed by atoms with Crippen LogP contribution in [-0.2, 0) is 23.1 Å². The van der Waals surface area contributed by atoms with Crippen LogP contribution in [0.5, 0.6) is 5.75 Å². The molecule has 33 heavy (non-hydrogen) atoms. The summed E-state index contributed by atoms with van der Waals surface area (Å²) < 4.78 is 7.45. The van der Waals surface area contributed by atoms with Crippen molar-refractivity contribution in [1.82, 2.24) is 19.8 Å². The van der Waals surface area contributed by atoms with Gasteiger partial charge in [-0.1, -0.05) is 12.1 Å². The van der Waals surface area contributed by atoms with Crippen molar-refractivity contribution in [3.8, 4) is 5.75 Å². The summed E-state index contributed by atoms with van der Waals surface area (Å²) >= 11 is 0. The highest BCUT2D eigenvalue weighted by atomic mass is 16.5. The SMILES string of the molecule is CN1C(=O)COc2ccc(C(=O)N3CC(C(=O)NCCc4nc5ccccc5n4C)C3)cc21. The number of para-hydroxylation sites is 2. The Balaban J connectivity index is 1.13. The molecule has 0 saturated carbocycles. The lowest BCUT2D eigenvalue weighted by Crippen LogP contribution is -2.55. The normalized spacial score (nSPS) is 15.8. The van der Waals surface area contributed by atoms with Gasteiger partial charge in [-0.15, -0.1) is 0 Å². The molecular weight excluding hydrogens is 422 g/mol. The highest BCUT2D eigenvalue weighted by molar-refractivity contribution is 6.01. The number of nitrogens with one attached hydrogen (secondary N) is 1. The Bertz CT molecular complexity index is 1260. The molecule has 170 valence electrons. The quantitative estimate of drug-likeness (QED) is 0.637. The lowest BCUT2D eigenvalue weighted by atomic mass is 9.97. The van der Waals surface area contributed by atoms with Gasteiger partial charge in [0.25, 0.3) is 11.8 Å². The minimum atomic E-state index is -0.223. The van der Waals surface area contributed by atoms with E-state index < -0.39 is 0 Å². The van der Waals surface area contributed by atoms with Gasteiger partial charge in [-0.3, -0.25) is 14.4 Å². The molecule has 5 rings (SSSR count). The first-order chi connectivity index (χ1) is 15.9. The first-order valence-electron chi connectivity index (χ1n) is 10.9. The number of carbonyl (C=O) groups is 3. The van der Waals surface area contributed by atoms with Gasteiger partial charge < -0.3 is 24.4 Å². The Morgan fingerprint density at radius 3 is 2.73 bits per heavy atom. The highest BCUT2D eigenvalue weighted by Gasteiger charge is 2.36. The molecule has 9 nitrogen and oxygen atoms in total. The highest BCUT2D eigenvalue weighted by Crippen LogP contribution is 2.33. The molecule has 3 aromatic rings. The first-order valence-corrected chi connectivity index (χ1v) is 10.9. The second kappa shape index (κ2) is 8.23. The van der Waals surface area contributed by atoms with Gasteiger partial charge in [-0.25, -0.2) is 4.98 Å². The Kier molecular flexibility index (Phi) is 5.24. The number of hydrogen-bond donors (Lipinski definition) is 1. The van der Waals surface area contributed by atoms with E-state index in [1.54, 1.807) is 30.1 Å². The van der Waals surface area contributed by atoms with Crippen molar-refractivity contribution >= 4 is 34.4 Å². The van der Waals surface area contributed by atoms with Crippen molar-refractivity contribution in [3.63, 3.8) is 0 Å². The second-order valence-corrected chi connectivity index (χ2v) is 8.45. The number of carbonyl (C=O) groups excluding carboxylic acids is 3. The average molecular weight is 447 g/mol. The van der Waals surface area contributed by atoms with Gasteiger partial charge in [0, 0.05) is 45.7 Å². The summed E-state index contributed by atoms with van der Waals surface area (Å²) in [4.78, 5) is 45.0. The lowest BCUT2D eigenvalue weighted by molar-refractivity contribution is -0.129. The van der Waals surface area contributed by atoms with Gasteiger partial charge in [-0.05, 0) is 30.3 Å². The van der Waals surface area contributed by atoms with Crippen molar-refractivity contribution in [2.45, 2.75) is 6.42 Å². The molecule has 0 aliphatic carbocycles. The predicted octanol–water partition coefficient (Wildman–Crippen LogP) is 1.36. The average Bonchev–Trinajstić information content (AvgIpc) is 3.11. The van der Waals surface area contributed by atoms with E-state index in [-0.39, 0.29) is 30.2 Å². The van der Waals surface area contributed by atoms with Crippen LogP contribution in [0.2, 0.25) is 0 Å². The van der Waals surface area contributed by atoms with E-state index in [1.807, 2.05) is 35.9 Å². The molecule has 0 spiro atoms. The summed E-state index contributed by atoms with van der Waals surface area (Å²) in [5.41, 5.74) is 3.06. The Morgan fingerprint density at radius 2 is 1.94 bits per heavy atom. The van der Waals surface area contributed by atoms with Crippen LogP contribution in [0.3, 0.4) is 0 Å². The third-order valence-corrected chi connectivity index (χ3v) is 6.36. The number of aromatic nitrogens is 2. The van der Waals surface area contributed by atoms with E-state index in [0.717, 1.165) is 16.9 Å². The van der Waals surface area contributed by atoms with Crippen LogP contribution >= 0.6 is 0 Å². The molecule has 0 bridgehead atoms. The van der Waals surface area contributed by atoms with Gasteiger partial charge in [0.05, 0.1) is 22.6 Å². The molecule has 1 saturated heterocycles. The zero-order chi connectivity index (χ0) is 23.1. The Labute approximate surface area is 190 Å². The number of benzene rings is 2. The maximum atomic E-state index is 12.8. The van der Waals surface area contributed by atoms with Gasteiger partial charge in [-0.2, -0.15) is 0 Å². The van der Waals surface area contributed by atoms with E-state index in [1.165, 1.54) is 4.90 Å². The molecular formula is C24H25N5O4. The van der Waals surface area contributed by atoms with Crippen LogP contribution in [0.1, 0.15) is 16.2 Å². The monoisotopic (exact) mass is 447 g/mol. The van der Waals surface area contributed by atoms with Crippen molar-refractivity contribution in [1.29, 1.82) is 0 Å². The summed E-state index contributed by atoms with van der Waals surface area (Å²) in [6.45, 7) is 1.24. The van der Waals surface area contributed by atoms with Gasteiger partial charge in [0.15, 0.2) is 6.61 Å². The van der Waals surface area contributed by atoms with Crippen LogP contribution in [-0.4, -0.2) is 65.5 Å². The fourth-order valence-electron chi connectivity index (χ4n) is 4.26. The minimum Gasteiger partial charge on any atom is -0.482 e. The zero-order valence-electron chi connectivity index (χ0n) is 18.6. The number of likely N-dealkylation sites (N-methyl/N-ethyl adjacent to an activating group) is 1. The summed E-state index contributed by atoms with van der Waals surface area (Å²) in [6.07, 6.45) is 0.635. The summed E-state index contributed by atoms with van der Waals surface area (Å²) in [7, 11) is 3.64. The largest absolute Gasteiger partial charge is 0.482 e. The fraction of sp³-hybridized carbons (Fsp3) is 0.333. The Morgan fingerprint density at radius 1 is 1.15 bits per heavy atom. The number of amides is 3. The number of aryl methyl sites for hydroxylation is 1. The number of nitrogens with zero attached hydrogens (tertiary/aromatic N) is 4.